The molecular weight excluding hydrogens is 924 g/mol. The third-order valence-electron chi connectivity index (χ3n) is 11.2. The van der Waals surface area contributed by atoms with Gasteiger partial charge in [-0.1, -0.05) is 0 Å². The molecule has 8 atom stereocenters. The standard InChI is InChI=1S/C41H30O27/c42-13-1-8(2-14(43)24(13)49)35(56)68-41-34-33-31(64-39(60)12(6-19(47)48)22-23-11(38(59)67-34)5-17(46)27(52)32(23)65-40(61)30(22)55)18(63-41)7-62-36(57)9-3-15(44)25(50)28(53)20(9)21-10(37(58)66-33)4-16(45)26(51)29(21)54/h1-5,12,18,22,30-31,33-34,41-46,49-55H,6-7H2,(H,47,48)/t12?,18-,22+,30+,31?,33+,34-,41+/m1/s1. The number of carbonyl (C=O) groups excluding carboxylic acids is 6. The molecule has 356 valence electrons. The van der Waals surface area contributed by atoms with Gasteiger partial charge in [0, 0.05) is 22.6 Å². The molecular formula is C41H30O27. The molecule has 4 heterocycles. The van der Waals surface area contributed by atoms with Gasteiger partial charge in [-0.2, -0.15) is 0 Å². The lowest BCUT2D eigenvalue weighted by Gasteiger charge is -2.44. The van der Waals surface area contributed by atoms with Crippen molar-refractivity contribution < 1.29 is 133 Å². The number of hydrogen-bond donors (Lipinski definition) is 13. The molecule has 4 aromatic carbocycles. The molecule has 0 aliphatic carbocycles. The number of aliphatic carboxylic acids is 1. The topological polar surface area (TPSA) is 447 Å². The van der Waals surface area contributed by atoms with Crippen LogP contribution in [0, 0.1) is 5.92 Å². The van der Waals surface area contributed by atoms with Crippen molar-refractivity contribution in [3.8, 4) is 80.1 Å². The molecule has 0 spiro atoms. The SMILES string of the molecule is O=C(O)CC1C(=O)OC2[C@H]3COC(=O)c4cc(O)c(O)c(O)c4-c4c(cc(O)c(O)c4O)C(=O)O[C@@H]2[C@@H](OC(=O)c2cc(O)c(O)c4c2[C@H]1[C@H](O)C(=O)O4)[C@H](OC(=O)c1cc(O)c(O)c(O)c1)O3. The number of hydrogen-bond acceptors (Lipinski definition) is 26. The van der Waals surface area contributed by atoms with Crippen LogP contribution in [0.3, 0.4) is 0 Å². The van der Waals surface area contributed by atoms with E-state index >= 15 is 0 Å². The summed E-state index contributed by atoms with van der Waals surface area (Å²) in [6, 6.07) is 2.36. The number of rotatable bonds is 4. The van der Waals surface area contributed by atoms with E-state index in [1.807, 2.05) is 0 Å². The van der Waals surface area contributed by atoms with Crippen molar-refractivity contribution in [1.29, 1.82) is 0 Å². The minimum Gasteiger partial charge on any atom is -0.504 e. The minimum absolute atomic E-state index is 0.361. The Labute approximate surface area is 374 Å². The predicted octanol–water partition coefficient (Wildman–Crippen LogP) is -0.00170. The van der Waals surface area contributed by atoms with Gasteiger partial charge >= 0.3 is 41.8 Å². The quantitative estimate of drug-likeness (QED) is 0.0554. The van der Waals surface area contributed by atoms with E-state index in [0.717, 1.165) is 0 Å². The maximum Gasteiger partial charge on any atom is 0.341 e. The number of carbonyl (C=O) groups is 7. The van der Waals surface area contributed by atoms with Gasteiger partial charge in [0.05, 0.1) is 34.6 Å². The van der Waals surface area contributed by atoms with Crippen molar-refractivity contribution in [2.45, 2.75) is 49.1 Å². The smallest absolute Gasteiger partial charge is 0.341 e. The highest BCUT2D eigenvalue weighted by molar-refractivity contribution is 6.08. The van der Waals surface area contributed by atoms with Gasteiger partial charge in [0.25, 0.3) is 0 Å². The summed E-state index contributed by atoms with van der Waals surface area (Å²) in [5.74, 6) is -32.0. The van der Waals surface area contributed by atoms with E-state index in [4.69, 9.17) is 33.2 Å². The first-order valence-electron chi connectivity index (χ1n) is 19.2. The van der Waals surface area contributed by atoms with Gasteiger partial charge in [-0.05, 0) is 30.3 Å². The molecule has 0 radical (unpaired) electrons. The zero-order valence-electron chi connectivity index (χ0n) is 33.4. The molecule has 0 aromatic heterocycles. The Morgan fingerprint density at radius 1 is 0.588 bits per heavy atom. The van der Waals surface area contributed by atoms with E-state index in [2.05, 4.69) is 0 Å². The molecule has 27 nitrogen and oxygen atoms in total. The maximum absolute atomic E-state index is 14.6. The number of carboxylic acids is 1. The Kier molecular flexibility index (Phi) is 11.0. The number of fused-ring (bicyclic) bond motifs is 3. The number of aliphatic hydroxyl groups is 1. The molecule has 1 fully saturated rings. The number of phenolic OH excluding ortho intramolecular Hbond substituents is 11. The van der Waals surface area contributed by atoms with Crippen molar-refractivity contribution in [3.05, 3.63) is 58.1 Å². The van der Waals surface area contributed by atoms with E-state index in [9.17, 15) is 99.9 Å². The first kappa shape index (κ1) is 45.5. The fourth-order valence-electron chi connectivity index (χ4n) is 8.04. The molecule has 0 amide bonds. The summed E-state index contributed by atoms with van der Waals surface area (Å²) >= 11 is 0. The third-order valence-corrected chi connectivity index (χ3v) is 11.2. The van der Waals surface area contributed by atoms with Crippen LogP contribution < -0.4 is 4.74 Å². The second kappa shape index (κ2) is 16.4. The number of phenols is 11. The number of aromatic hydroxyl groups is 11. The Balaban J connectivity index is 1.39. The summed E-state index contributed by atoms with van der Waals surface area (Å²) < 4.78 is 38.8. The second-order valence-electron chi connectivity index (χ2n) is 15.2. The number of benzene rings is 4. The molecule has 4 bridgehead atoms. The van der Waals surface area contributed by atoms with Crippen LogP contribution >= 0.6 is 0 Å². The number of carboxylic acid groups (broad SMARTS) is 1. The van der Waals surface area contributed by atoms with E-state index in [-0.39, 0.29) is 0 Å². The summed E-state index contributed by atoms with van der Waals surface area (Å²) in [5.41, 5.74) is -7.08. The highest BCUT2D eigenvalue weighted by Crippen LogP contribution is 2.54. The van der Waals surface area contributed by atoms with Crippen molar-refractivity contribution in [2.24, 2.45) is 5.92 Å². The summed E-state index contributed by atoms with van der Waals surface area (Å²) in [6.45, 7) is -1.31. The van der Waals surface area contributed by atoms with Crippen molar-refractivity contribution >= 4 is 41.8 Å². The lowest BCUT2D eigenvalue weighted by atomic mass is 9.76. The monoisotopic (exact) mass is 954 g/mol. The van der Waals surface area contributed by atoms with Gasteiger partial charge in [0.1, 0.15) is 12.7 Å². The highest BCUT2D eigenvalue weighted by Gasteiger charge is 2.58. The van der Waals surface area contributed by atoms with Gasteiger partial charge < -0.3 is 99.5 Å². The Morgan fingerprint density at radius 3 is 1.69 bits per heavy atom. The summed E-state index contributed by atoms with van der Waals surface area (Å²) in [4.78, 5) is 96.8. The fourth-order valence-corrected chi connectivity index (χ4v) is 8.04. The van der Waals surface area contributed by atoms with Crippen molar-refractivity contribution in [2.75, 3.05) is 6.61 Å². The molecule has 13 N–H and O–H groups in total. The Bertz CT molecular complexity index is 2900. The van der Waals surface area contributed by atoms with E-state index in [1.54, 1.807) is 0 Å². The van der Waals surface area contributed by atoms with Crippen molar-refractivity contribution in [3.63, 3.8) is 0 Å². The van der Waals surface area contributed by atoms with Crippen LogP contribution in [0.5, 0.6) is 69.0 Å². The molecule has 4 aromatic rings. The second-order valence-corrected chi connectivity index (χ2v) is 15.2. The molecule has 68 heavy (non-hydrogen) atoms. The van der Waals surface area contributed by atoms with Crippen LogP contribution in [0.4, 0.5) is 0 Å². The Hall–Kier alpha value is -9.11. The first-order valence-corrected chi connectivity index (χ1v) is 19.2. The molecule has 8 rings (SSSR count). The van der Waals surface area contributed by atoms with Crippen LogP contribution in [0.2, 0.25) is 0 Å². The van der Waals surface area contributed by atoms with Gasteiger partial charge in [-0.3, -0.25) is 9.59 Å². The van der Waals surface area contributed by atoms with Crippen LogP contribution in [0.15, 0.2) is 30.3 Å². The number of ether oxygens (including phenoxy) is 7. The molecule has 1 saturated heterocycles. The molecule has 4 aliphatic heterocycles. The first-order chi connectivity index (χ1) is 32.0. The van der Waals surface area contributed by atoms with Gasteiger partial charge in [0.2, 0.25) is 29.6 Å². The zero-order valence-corrected chi connectivity index (χ0v) is 33.4. The molecule has 4 aliphatic rings. The number of esters is 6. The summed E-state index contributed by atoms with van der Waals surface area (Å²) in [7, 11) is 0. The summed E-state index contributed by atoms with van der Waals surface area (Å²) in [6.07, 6.45) is -16.3. The molecule has 27 heteroatoms. The molecule has 0 saturated carbocycles. The fraction of sp³-hybridized carbons (Fsp3) is 0.244. The molecule has 2 unspecified atom stereocenters. The van der Waals surface area contributed by atoms with E-state index < -0.39 is 211 Å². The van der Waals surface area contributed by atoms with Crippen LogP contribution in [0.25, 0.3) is 11.1 Å². The van der Waals surface area contributed by atoms with Gasteiger partial charge in [0.15, 0.2) is 70.1 Å². The lowest BCUT2D eigenvalue weighted by molar-refractivity contribution is -0.287. The van der Waals surface area contributed by atoms with Gasteiger partial charge in [-0.25, -0.2) is 24.0 Å². The van der Waals surface area contributed by atoms with Crippen LogP contribution in [0.1, 0.15) is 59.3 Å². The van der Waals surface area contributed by atoms with E-state index in [0.29, 0.717) is 30.3 Å². The third kappa shape index (κ3) is 7.31. The normalized spacial score (nSPS) is 24.3. The zero-order chi connectivity index (χ0) is 49.5. The average Bonchev–Trinajstić information content (AvgIpc) is 3.28. The Morgan fingerprint density at radius 2 is 1.10 bits per heavy atom. The predicted molar refractivity (Wildman–Crippen MR) is 206 cm³/mol. The highest BCUT2D eigenvalue weighted by atomic mass is 16.7. The largest absolute Gasteiger partial charge is 0.504 e. The minimum atomic E-state index is -2.58. The van der Waals surface area contributed by atoms with Gasteiger partial charge in [-0.15, -0.1) is 0 Å². The number of aliphatic hydroxyl groups excluding tert-OH is 1. The lowest BCUT2D eigenvalue weighted by Crippen LogP contribution is -2.63. The van der Waals surface area contributed by atoms with Crippen LogP contribution in [-0.4, -0.2) is 152 Å². The maximum atomic E-state index is 14.6. The van der Waals surface area contributed by atoms with Crippen LogP contribution in [-0.2, 0) is 42.8 Å². The van der Waals surface area contributed by atoms with E-state index in [1.165, 1.54) is 0 Å². The summed E-state index contributed by atoms with van der Waals surface area (Å²) in [5, 5.41) is 137. The van der Waals surface area contributed by atoms with Crippen molar-refractivity contribution in [1.82, 2.24) is 0 Å². The number of cyclic esters (lactones) is 1. The average molecular weight is 955 g/mol.